The second-order valence-electron chi connectivity index (χ2n) is 4.96. The Balaban J connectivity index is 2.16. The summed E-state index contributed by atoms with van der Waals surface area (Å²) in [5, 5.41) is 3.56. The molecule has 0 fully saturated rings. The zero-order valence-electron chi connectivity index (χ0n) is 12.7. The van der Waals surface area contributed by atoms with Gasteiger partial charge in [-0.1, -0.05) is 13.0 Å². The molecule has 0 amide bonds. The number of hydrogen-bond donors (Lipinski definition) is 1. The SMILES string of the molecule is CCOc1cc(C)ccc1NC(C)c1ccc(CC)s1. The zero-order valence-corrected chi connectivity index (χ0v) is 13.5. The molecule has 1 atom stereocenters. The van der Waals surface area contributed by atoms with Crippen molar-refractivity contribution in [3.8, 4) is 5.75 Å². The van der Waals surface area contributed by atoms with E-state index in [0.29, 0.717) is 12.6 Å². The number of hydrogen-bond acceptors (Lipinski definition) is 3. The first kappa shape index (κ1) is 14.9. The first-order valence-electron chi connectivity index (χ1n) is 7.22. The third-order valence-electron chi connectivity index (χ3n) is 3.27. The quantitative estimate of drug-likeness (QED) is 0.790. The maximum absolute atomic E-state index is 5.72. The highest BCUT2D eigenvalue weighted by atomic mass is 32.1. The maximum Gasteiger partial charge on any atom is 0.142 e. The monoisotopic (exact) mass is 289 g/mol. The molecule has 2 aromatic rings. The van der Waals surface area contributed by atoms with Gasteiger partial charge in [0.1, 0.15) is 5.75 Å². The second-order valence-corrected chi connectivity index (χ2v) is 6.16. The van der Waals surface area contributed by atoms with Crippen molar-refractivity contribution < 1.29 is 4.74 Å². The number of ether oxygens (including phenoxy) is 1. The molecule has 1 aromatic heterocycles. The molecule has 0 radical (unpaired) electrons. The predicted octanol–water partition coefficient (Wildman–Crippen LogP) is 5.19. The molecule has 1 unspecified atom stereocenters. The molecule has 0 aliphatic rings. The Labute approximate surface area is 125 Å². The summed E-state index contributed by atoms with van der Waals surface area (Å²) in [5.41, 5.74) is 2.28. The van der Waals surface area contributed by atoms with Gasteiger partial charge in [0.05, 0.1) is 18.3 Å². The van der Waals surface area contributed by atoms with Crippen LogP contribution in [0.3, 0.4) is 0 Å². The van der Waals surface area contributed by atoms with E-state index in [2.05, 4.69) is 56.4 Å². The minimum atomic E-state index is 0.294. The van der Waals surface area contributed by atoms with Gasteiger partial charge in [0.15, 0.2) is 0 Å². The Kier molecular flexibility index (Phi) is 5.07. The van der Waals surface area contributed by atoms with Crippen molar-refractivity contribution in [2.75, 3.05) is 11.9 Å². The van der Waals surface area contributed by atoms with Crippen LogP contribution < -0.4 is 10.1 Å². The standard InChI is InChI=1S/C17H23NOS/c1-5-14-8-10-17(20-14)13(4)18-15-9-7-12(3)11-16(15)19-6-2/h7-11,13,18H,5-6H2,1-4H3. The molecule has 0 aliphatic heterocycles. The van der Waals surface area contributed by atoms with Crippen LogP contribution in [0, 0.1) is 6.92 Å². The van der Waals surface area contributed by atoms with E-state index in [0.717, 1.165) is 17.9 Å². The molecular weight excluding hydrogens is 266 g/mol. The number of benzene rings is 1. The smallest absolute Gasteiger partial charge is 0.142 e. The summed E-state index contributed by atoms with van der Waals surface area (Å²) in [4.78, 5) is 2.80. The summed E-state index contributed by atoms with van der Waals surface area (Å²) < 4.78 is 5.72. The fraction of sp³-hybridized carbons (Fsp3) is 0.412. The van der Waals surface area contributed by atoms with E-state index in [1.54, 1.807) is 0 Å². The summed E-state index contributed by atoms with van der Waals surface area (Å²) in [6.07, 6.45) is 1.10. The van der Waals surface area contributed by atoms with Crippen molar-refractivity contribution >= 4 is 17.0 Å². The highest BCUT2D eigenvalue weighted by Crippen LogP contribution is 2.31. The third kappa shape index (κ3) is 3.54. The van der Waals surface area contributed by atoms with E-state index in [-0.39, 0.29) is 0 Å². The lowest BCUT2D eigenvalue weighted by atomic mass is 10.2. The molecule has 0 saturated heterocycles. The second kappa shape index (κ2) is 6.80. The first-order chi connectivity index (χ1) is 9.63. The number of anilines is 1. The molecule has 1 aromatic carbocycles. The molecule has 0 aliphatic carbocycles. The van der Waals surface area contributed by atoms with E-state index < -0.39 is 0 Å². The van der Waals surface area contributed by atoms with Crippen LogP contribution >= 0.6 is 11.3 Å². The van der Waals surface area contributed by atoms with Gasteiger partial charge in [0, 0.05) is 9.75 Å². The van der Waals surface area contributed by atoms with E-state index in [4.69, 9.17) is 4.74 Å². The van der Waals surface area contributed by atoms with Crippen LogP contribution in [0.15, 0.2) is 30.3 Å². The van der Waals surface area contributed by atoms with Crippen LogP contribution in [0.4, 0.5) is 5.69 Å². The lowest BCUT2D eigenvalue weighted by Gasteiger charge is -2.17. The van der Waals surface area contributed by atoms with E-state index >= 15 is 0 Å². The van der Waals surface area contributed by atoms with Crippen LogP contribution in [-0.4, -0.2) is 6.61 Å². The number of nitrogens with one attached hydrogen (secondary N) is 1. The molecule has 1 heterocycles. The van der Waals surface area contributed by atoms with Crippen molar-refractivity contribution in [2.24, 2.45) is 0 Å². The van der Waals surface area contributed by atoms with E-state index in [1.165, 1.54) is 15.3 Å². The van der Waals surface area contributed by atoms with E-state index in [1.807, 2.05) is 18.3 Å². The summed E-state index contributed by atoms with van der Waals surface area (Å²) >= 11 is 1.88. The van der Waals surface area contributed by atoms with Gasteiger partial charge >= 0.3 is 0 Å². The van der Waals surface area contributed by atoms with Gasteiger partial charge in [0.25, 0.3) is 0 Å². The lowest BCUT2D eigenvalue weighted by molar-refractivity contribution is 0.341. The molecule has 108 valence electrons. The molecule has 0 bridgehead atoms. The van der Waals surface area contributed by atoms with Crippen molar-refractivity contribution in [3.05, 3.63) is 45.6 Å². The van der Waals surface area contributed by atoms with Crippen molar-refractivity contribution in [3.63, 3.8) is 0 Å². The number of aryl methyl sites for hydroxylation is 2. The predicted molar refractivity (Wildman–Crippen MR) is 88.1 cm³/mol. The maximum atomic E-state index is 5.72. The van der Waals surface area contributed by atoms with Gasteiger partial charge in [0.2, 0.25) is 0 Å². The lowest BCUT2D eigenvalue weighted by Crippen LogP contribution is -2.07. The molecule has 2 rings (SSSR count). The number of thiophene rings is 1. The summed E-state index contributed by atoms with van der Waals surface area (Å²) in [5.74, 6) is 0.937. The minimum absolute atomic E-state index is 0.294. The van der Waals surface area contributed by atoms with Crippen LogP contribution in [0.1, 0.15) is 42.1 Å². The summed E-state index contributed by atoms with van der Waals surface area (Å²) in [7, 11) is 0. The summed E-state index contributed by atoms with van der Waals surface area (Å²) in [6.45, 7) is 9.18. The van der Waals surface area contributed by atoms with Crippen LogP contribution in [0.5, 0.6) is 5.75 Å². The van der Waals surface area contributed by atoms with Gasteiger partial charge in [-0.3, -0.25) is 0 Å². The Hall–Kier alpha value is -1.48. The first-order valence-corrected chi connectivity index (χ1v) is 8.04. The fourth-order valence-corrected chi connectivity index (χ4v) is 3.10. The van der Waals surface area contributed by atoms with Crippen molar-refractivity contribution in [1.82, 2.24) is 0 Å². The molecule has 1 N–H and O–H groups in total. The normalized spacial score (nSPS) is 12.2. The van der Waals surface area contributed by atoms with Crippen LogP contribution in [0.2, 0.25) is 0 Å². The Morgan fingerprint density at radius 1 is 1.20 bits per heavy atom. The Morgan fingerprint density at radius 2 is 2.00 bits per heavy atom. The van der Waals surface area contributed by atoms with Crippen molar-refractivity contribution in [2.45, 2.75) is 40.2 Å². The van der Waals surface area contributed by atoms with Gasteiger partial charge < -0.3 is 10.1 Å². The van der Waals surface area contributed by atoms with Gasteiger partial charge in [-0.2, -0.15) is 0 Å². The molecule has 0 saturated carbocycles. The zero-order chi connectivity index (χ0) is 14.5. The molecule has 2 nitrogen and oxygen atoms in total. The summed E-state index contributed by atoms with van der Waals surface area (Å²) in [6, 6.07) is 11.0. The van der Waals surface area contributed by atoms with Crippen molar-refractivity contribution in [1.29, 1.82) is 0 Å². The molecule has 3 heteroatoms. The Morgan fingerprint density at radius 3 is 2.65 bits per heavy atom. The molecular formula is C17H23NOS. The largest absolute Gasteiger partial charge is 0.492 e. The Bertz CT molecular complexity index is 562. The van der Waals surface area contributed by atoms with Gasteiger partial charge in [-0.25, -0.2) is 0 Å². The molecule has 0 spiro atoms. The topological polar surface area (TPSA) is 21.3 Å². The molecule has 20 heavy (non-hydrogen) atoms. The third-order valence-corrected chi connectivity index (χ3v) is 4.68. The van der Waals surface area contributed by atoms with Gasteiger partial charge in [-0.15, -0.1) is 11.3 Å². The minimum Gasteiger partial charge on any atom is -0.492 e. The van der Waals surface area contributed by atoms with Crippen LogP contribution in [-0.2, 0) is 6.42 Å². The van der Waals surface area contributed by atoms with Crippen LogP contribution in [0.25, 0.3) is 0 Å². The average Bonchev–Trinajstić information content (AvgIpc) is 2.91. The van der Waals surface area contributed by atoms with E-state index in [9.17, 15) is 0 Å². The number of rotatable bonds is 6. The highest BCUT2D eigenvalue weighted by molar-refractivity contribution is 7.12. The fourth-order valence-electron chi connectivity index (χ4n) is 2.15. The van der Waals surface area contributed by atoms with Gasteiger partial charge in [-0.05, 0) is 57.0 Å². The highest BCUT2D eigenvalue weighted by Gasteiger charge is 2.11. The average molecular weight is 289 g/mol.